The van der Waals surface area contributed by atoms with Crippen LogP contribution in [0.2, 0.25) is 0 Å². The van der Waals surface area contributed by atoms with Crippen LogP contribution >= 0.6 is 0 Å². The van der Waals surface area contributed by atoms with Gasteiger partial charge in [0.1, 0.15) is 6.67 Å². The number of nitrogens with one attached hydrogen (secondary N) is 1. The highest BCUT2D eigenvalue weighted by Gasteiger charge is 2.02. The van der Waals surface area contributed by atoms with Crippen molar-refractivity contribution < 1.29 is 9.18 Å². The van der Waals surface area contributed by atoms with Gasteiger partial charge in [-0.15, -0.1) is 0 Å². The Morgan fingerprint density at radius 3 is 2.70 bits per heavy atom. The van der Waals surface area contributed by atoms with E-state index < -0.39 is 6.67 Å². The van der Waals surface area contributed by atoms with Crippen molar-refractivity contribution in [2.45, 2.75) is 0 Å². The molecule has 0 fully saturated rings. The minimum absolute atomic E-state index is 0.0871. The standard InChI is InChI=1S/C6H13FN2O/c1-8-6(10)5-9(2)4-3-7/h3-5H2,1-2H3,(H,8,10). The van der Waals surface area contributed by atoms with Gasteiger partial charge in [0.2, 0.25) is 5.91 Å². The minimum Gasteiger partial charge on any atom is -0.358 e. The van der Waals surface area contributed by atoms with Gasteiger partial charge in [0.15, 0.2) is 0 Å². The van der Waals surface area contributed by atoms with E-state index in [1.54, 1.807) is 19.0 Å². The molecule has 0 aliphatic carbocycles. The molecule has 0 aromatic rings. The zero-order valence-electron chi connectivity index (χ0n) is 6.35. The van der Waals surface area contributed by atoms with Gasteiger partial charge in [-0.25, -0.2) is 4.39 Å². The fraction of sp³-hybridized carbons (Fsp3) is 0.833. The molecule has 0 aromatic heterocycles. The number of carbonyl (C=O) groups excluding carboxylic acids is 1. The highest BCUT2D eigenvalue weighted by Crippen LogP contribution is 1.81. The predicted octanol–water partition coefficient (Wildman–Crippen LogP) is -0.366. The van der Waals surface area contributed by atoms with Crippen LogP contribution in [0.4, 0.5) is 4.39 Å². The Hall–Kier alpha value is -0.640. The van der Waals surface area contributed by atoms with E-state index in [-0.39, 0.29) is 12.5 Å². The number of alkyl halides is 1. The van der Waals surface area contributed by atoms with Gasteiger partial charge >= 0.3 is 0 Å². The first kappa shape index (κ1) is 9.36. The van der Waals surface area contributed by atoms with Crippen LogP contribution in [0.15, 0.2) is 0 Å². The van der Waals surface area contributed by atoms with Gasteiger partial charge in [-0.3, -0.25) is 9.69 Å². The van der Waals surface area contributed by atoms with Gasteiger partial charge < -0.3 is 5.32 Å². The highest BCUT2D eigenvalue weighted by atomic mass is 19.1. The monoisotopic (exact) mass is 148 g/mol. The Balaban J connectivity index is 3.37. The average molecular weight is 148 g/mol. The summed E-state index contributed by atoms with van der Waals surface area (Å²) in [5.41, 5.74) is 0. The normalized spacial score (nSPS) is 10.0. The van der Waals surface area contributed by atoms with Crippen molar-refractivity contribution >= 4 is 5.91 Å². The van der Waals surface area contributed by atoms with Crippen molar-refractivity contribution in [2.75, 3.05) is 33.9 Å². The molecule has 0 heterocycles. The maximum absolute atomic E-state index is 11.6. The van der Waals surface area contributed by atoms with Crippen LogP contribution in [0, 0.1) is 0 Å². The third kappa shape index (κ3) is 4.26. The summed E-state index contributed by atoms with van der Waals surface area (Å²) in [6, 6.07) is 0. The molecule has 0 aliphatic rings. The first-order valence-corrected chi connectivity index (χ1v) is 3.15. The number of hydrogen-bond acceptors (Lipinski definition) is 2. The van der Waals surface area contributed by atoms with Crippen LogP contribution in [0.25, 0.3) is 0 Å². The van der Waals surface area contributed by atoms with E-state index in [0.29, 0.717) is 6.54 Å². The first-order chi connectivity index (χ1) is 4.70. The Labute approximate surface area is 60.2 Å². The molecule has 3 nitrogen and oxygen atoms in total. The largest absolute Gasteiger partial charge is 0.358 e. The van der Waals surface area contributed by atoms with Crippen LogP contribution in [0.1, 0.15) is 0 Å². The second kappa shape index (κ2) is 5.17. The molecule has 0 unspecified atom stereocenters. The summed E-state index contributed by atoms with van der Waals surface area (Å²) in [5, 5.41) is 2.45. The van der Waals surface area contributed by atoms with Gasteiger partial charge in [0.05, 0.1) is 6.54 Å². The summed E-state index contributed by atoms with van der Waals surface area (Å²) in [6.45, 7) is 0.168. The summed E-state index contributed by atoms with van der Waals surface area (Å²) in [4.78, 5) is 12.2. The van der Waals surface area contributed by atoms with E-state index in [9.17, 15) is 9.18 Å². The number of hydrogen-bond donors (Lipinski definition) is 1. The molecule has 1 amide bonds. The zero-order chi connectivity index (χ0) is 7.98. The maximum atomic E-state index is 11.6. The van der Waals surface area contributed by atoms with Crippen molar-refractivity contribution in [1.82, 2.24) is 10.2 Å². The summed E-state index contributed by atoms with van der Waals surface area (Å²) >= 11 is 0. The average Bonchev–Trinajstić information content (AvgIpc) is 1.88. The maximum Gasteiger partial charge on any atom is 0.233 e. The molecule has 0 aliphatic heterocycles. The van der Waals surface area contributed by atoms with Crippen LogP contribution in [-0.2, 0) is 4.79 Å². The van der Waals surface area contributed by atoms with Crippen LogP contribution in [0.3, 0.4) is 0 Å². The lowest BCUT2D eigenvalue weighted by Crippen LogP contribution is -2.34. The summed E-state index contributed by atoms with van der Waals surface area (Å²) in [7, 11) is 3.26. The number of rotatable bonds is 4. The van der Waals surface area contributed by atoms with Gasteiger partial charge in [-0.1, -0.05) is 0 Å². The zero-order valence-corrected chi connectivity index (χ0v) is 6.35. The number of likely N-dealkylation sites (N-methyl/N-ethyl adjacent to an activating group) is 2. The smallest absolute Gasteiger partial charge is 0.233 e. The van der Waals surface area contributed by atoms with Crippen molar-refractivity contribution in [3.05, 3.63) is 0 Å². The van der Waals surface area contributed by atoms with E-state index in [2.05, 4.69) is 5.32 Å². The van der Waals surface area contributed by atoms with E-state index in [4.69, 9.17) is 0 Å². The lowest BCUT2D eigenvalue weighted by molar-refractivity contribution is -0.121. The Morgan fingerprint density at radius 1 is 1.70 bits per heavy atom. The van der Waals surface area contributed by atoms with Gasteiger partial charge in [-0.05, 0) is 7.05 Å². The Kier molecular flexibility index (Phi) is 4.84. The molecule has 10 heavy (non-hydrogen) atoms. The Morgan fingerprint density at radius 2 is 2.30 bits per heavy atom. The number of carbonyl (C=O) groups is 1. The summed E-state index contributed by atoms with van der Waals surface area (Å²) in [5.74, 6) is -0.0871. The highest BCUT2D eigenvalue weighted by molar-refractivity contribution is 5.77. The van der Waals surface area contributed by atoms with Crippen molar-refractivity contribution in [3.8, 4) is 0 Å². The van der Waals surface area contributed by atoms with Crippen LogP contribution < -0.4 is 5.32 Å². The van der Waals surface area contributed by atoms with Crippen molar-refractivity contribution in [3.63, 3.8) is 0 Å². The summed E-state index contributed by atoms with van der Waals surface area (Å²) < 4.78 is 11.6. The van der Waals surface area contributed by atoms with Crippen LogP contribution in [0.5, 0.6) is 0 Å². The molecule has 0 radical (unpaired) electrons. The van der Waals surface area contributed by atoms with Gasteiger partial charge in [-0.2, -0.15) is 0 Å². The molecule has 0 atom stereocenters. The molecule has 60 valence electrons. The minimum atomic E-state index is -0.409. The van der Waals surface area contributed by atoms with Crippen LogP contribution in [-0.4, -0.2) is 44.7 Å². The Bertz CT molecular complexity index is 108. The lowest BCUT2D eigenvalue weighted by atomic mass is 10.5. The molecule has 0 aromatic carbocycles. The fourth-order valence-corrected chi connectivity index (χ4v) is 0.548. The fourth-order valence-electron chi connectivity index (χ4n) is 0.548. The molecule has 0 saturated heterocycles. The predicted molar refractivity (Wildman–Crippen MR) is 37.5 cm³/mol. The second-order valence-electron chi connectivity index (χ2n) is 2.10. The van der Waals surface area contributed by atoms with E-state index in [1.165, 1.54) is 0 Å². The molecule has 0 bridgehead atoms. The third-order valence-electron chi connectivity index (χ3n) is 1.16. The van der Waals surface area contributed by atoms with Crippen molar-refractivity contribution in [2.24, 2.45) is 0 Å². The lowest BCUT2D eigenvalue weighted by Gasteiger charge is -2.12. The van der Waals surface area contributed by atoms with E-state index >= 15 is 0 Å². The molecule has 0 spiro atoms. The number of amides is 1. The number of halogens is 1. The molecular weight excluding hydrogens is 135 g/mol. The molecule has 1 N–H and O–H groups in total. The van der Waals surface area contributed by atoms with Crippen molar-refractivity contribution in [1.29, 1.82) is 0 Å². The molecule has 0 rings (SSSR count). The summed E-state index contributed by atoms with van der Waals surface area (Å²) in [6.07, 6.45) is 0. The third-order valence-corrected chi connectivity index (χ3v) is 1.16. The first-order valence-electron chi connectivity index (χ1n) is 3.15. The molecular formula is C6H13FN2O. The number of nitrogens with zero attached hydrogens (tertiary/aromatic N) is 1. The van der Waals surface area contributed by atoms with E-state index in [0.717, 1.165) is 0 Å². The topological polar surface area (TPSA) is 32.3 Å². The van der Waals surface area contributed by atoms with E-state index in [1.807, 2.05) is 0 Å². The van der Waals surface area contributed by atoms with Gasteiger partial charge in [0, 0.05) is 13.6 Å². The van der Waals surface area contributed by atoms with Gasteiger partial charge in [0.25, 0.3) is 0 Å². The quantitative estimate of drug-likeness (QED) is 0.590. The SMILES string of the molecule is CNC(=O)CN(C)CCF. The molecule has 4 heteroatoms. The molecule has 0 saturated carbocycles. The second-order valence-corrected chi connectivity index (χ2v) is 2.10.